The molecule has 1 spiro atoms. The van der Waals surface area contributed by atoms with E-state index in [1.165, 1.54) is 0 Å². The molecule has 9 nitrogen and oxygen atoms in total. The summed E-state index contributed by atoms with van der Waals surface area (Å²) in [5, 5.41) is 20.6. The first kappa shape index (κ1) is 24.8. The van der Waals surface area contributed by atoms with Gasteiger partial charge in [0.25, 0.3) is 12.4 Å². The third-order valence-electron chi connectivity index (χ3n) is 6.39. The summed E-state index contributed by atoms with van der Waals surface area (Å²) < 4.78 is 6.16. The van der Waals surface area contributed by atoms with Crippen LogP contribution in [-0.4, -0.2) is 74.4 Å². The standard InChI is InChI=1S/C23H30N4O3.CH2O2/c1-17-12-25-19(13-24-17)14-27-10-8-23(9-11-27)16-22(2,20(28)15-30-23)26-21(29)18-6-4-3-5-7-18;2-1-3/h3-7,12-13,20,28H,8-11,14-16H2,1-2H3,(H,26,29);1H,(H,2,3)/t20-,22-;/m1./s1. The third kappa shape index (κ3) is 6.34. The molecule has 2 fully saturated rings. The maximum absolute atomic E-state index is 12.7. The van der Waals surface area contributed by atoms with Crippen LogP contribution in [0.3, 0.4) is 0 Å². The van der Waals surface area contributed by atoms with Gasteiger partial charge in [0.15, 0.2) is 0 Å². The molecule has 2 atom stereocenters. The lowest BCUT2D eigenvalue weighted by molar-refractivity contribution is -0.177. The number of piperidine rings is 1. The Labute approximate surface area is 193 Å². The maximum atomic E-state index is 12.7. The van der Waals surface area contributed by atoms with Crippen LogP contribution in [0.1, 0.15) is 47.9 Å². The number of carbonyl (C=O) groups is 2. The number of nitrogens with zero attached hydrogens (tertiary/aromatic N) is 3. The molecule has 1 amide bonds. The summed E-state index contributed by atoms with van der Waals surface area (Å²) in [5.74, 6) is -0.162. The molecule has 33 heavy (non-hydrogen) atoms. The Morgan fingerprint density at radius 1 is 1.24 bits per heavy atom. The van der Waals surface area contributed by atoms with E-state index in [0.29, 0.717) is 12.0 Å². The predicted octanol–water partition coefficient (Wildman–Crippen LogP) is 1.79. The van der Waals surface area contributed by atoms with Gasteiger partial charge in [0.2, 0.25) is 0 Å². The van der Waals surface area contributed by atoms with Crippen LogP contribution in [0.25, 0.3) is 0 Å². The van der Waals surface area contributed by atoms with E-state index in [0.717, 1.165) is 43.9 Å². The van der Waals surface area contributed by atoms with Crippen molar-refractivity contribution >= 4 is 12.4 Å². The number of aromatic nitrogens is 2. The number of aryl methyl sites for hydroxylation is 1. The van der Waals surface area contributed by atoms with Crippen LogP contribution >= 0.6 is 0 Å². The second-order valence-electron chi connectivity index (χ2n) is 8.95. The Morgan fingerprint density at radius 3 is 2.52 bits per heavy atom. The van der Waals surface area contributed by atoms with Crippen molar-refractivity contribution in [3.8, 4) is 0 Å². The van der Waals surface area contributed by atoms with Gasteiger partial charge in [-0.3, -0.25) is 24.5 Å². The molecule has 3 heterocycles. The second kappa shape index (κ2) is 10.8. The van der Waals surface area contributed by atoms with Crippen LogP contribution in [0.15, 0.2) is 42.7 Å². The summed E-state index contributed by atoms with van der Waals surface area (Å²) in [7, 11) is 0. The molecule has 2 aliphatic heterocycles. The number of rotatable bonds is 4. The lowest BCUT2D eigenvalue weighted by Gasteiger charge is -2.52. The lowest BCUT2D eigenvalue weighted by atomic mass is 9.74. The van der Waals surface area contributed by atoms with E-state index in [1.54, 1.807) is 18.3 Å². The molecule has 0 saturated carbocycles. The van der Waals surface area contributed by atoms with Crippen molar-refractivity contribution in [2.75, 3.05) is 19.7 Å². The SMILES string of the molecule is Cc1cnc(CN2CCC3(CC2)C[C@@](C)(NC(=O)c2ccccc2)[C@H](O)CO3)cn1.O=CO. The molecule has 0 radical (unpaired) electrons. The van der Waals surface area contributed by atoms with Gasteiger partial charge in [0.1, 0.15) is 6.10 Å². The Kier molecular flexibility index (Phi) is 8.12. The largest absolute Gasteiger partial charge is 0.483 e. The van der Waals surface area contributed by atoms with Crippen LogP contribution in [0.5, 0.6) is 0 Å². The van der Waals surface area contributed by atoms with E-state index in [-0.39, 0.29) is 24.6 Å². The molecule has 0 unspecified atom stereocenters. The average molecular weight is 457 g/mol. The molecule has 178 valence electrons. The minimum absolute atomic E-state index is 0.162. The number of nitrogens with one attached hydrogen (secondary N) is 1. The Balaban J connectivity index is 0.000000968. The van der Waals surface area contributed by atoms with E-state index in [2.05, 4.69) is 20.2 Å². The quantitative estimate of drug-likeness (QED) is 0.595. The molecule has 2 aromatic rings. The van der Waals surface area contributed by atoms with E-state index >= 15 is 0 Å². The molecule has 3 N–H and O–H groups in total. The first-order valence-electron chi connectivity index (χ1n) is 11.1. The van der Waals surface area contributed by atoms with Crippen molar-refractivity contribution in [3.63, 3.8) is 0 Å². The minimum Gasteiger partial charge on any atom is -0.483 e. The number of benzene rings is 1. The zero-order valence-electron chi connectivity index (χ0n) is 19.1. The fourth-order valence-electron chi connectivity index (χ4n) is 4.50. The van der Waals surface area contributed by atoms with Crippen molar-refractivity contribution in [3.05, 3.63) is 59.7 Å². The van der Waals surface area contributed by atoms with Crippen LogP contribution < -0.4 is 5.32 Å². The van der Waals surface area contributed by atoms with Crippen LogP contribution in [0.4, 0.5) is 0 Å². The molecule has 1 aromatic carbocycles. The Bertz CT molecular complexity index is 916. The van der Waals surface area contributed by atoms with E-state index in [9.17, 15) is 9.90 Å². The van der Waals surface area contributed by atoms with Crippen molar-refractivity contribution in [2.45, 2.75) is 56.9 Å². The number of likely N-dealkylation sites (tertiary alicyclic amines) is 1. The van der Waals surface area contributed by atoms with Gasteiger partial charge in [-0.05, 0) is 38.8 Å². The fraction of sp³-hybridized carbons (Fsp3) is 0.500. The fourth-order valence-corrected chi connectivity index (χ4v) is 4.50. The summed E-state index contributed by atoms with van der Waals surface area (Å²) in [5.41, 5.74) is 1.43. The lowest BCUT2D eigenvalue weighted by Crippen LogP contribution is -2.65. The highest BCUT2D eigenvalue weighted by Gasteiger charge is 2.50. The number of amides is 1. The summed E-state index contributed by atoms with van der Waals surface area (Å²) in [4.78, 5) is 32.2. The van der Waals surface area contributed by atoms with Crippen molar-refractivity contribution in [2.24, 2.45) is 0 Å². The first-order valence-corrected chi connectivity index (χ1v) is 11.1. The topological polar surface area (TPSA) is 125 Å². The number of hydrogen-bond donors (Lipinski definition) is 3. The number of aliphatic hydroxyl groups is 1. The molecule has 2 saturated heterocycles. The zero-order chi connectivity index (χ0) is 23.9. The Hall–Kier alpha value is -2.88. The van der Waals surface area contributed by atoms with Gasteiger partial charge in [0.05, 0.1) is 29.1 Å². The number of carboxylic acid groups (broad SMARTS) is 1. The van der Waals surface area contributed by atoms with Crippen LogP contribution in [0, 0.1) is 6.92 Å². The Morgan fingerprint density at radius 2 is 1.91 bits per heavy atom. The highest BCUT2D eigenvalue weighted by Crippen LogP contribution is 2.40. The summed E-state index contributed by atoms with van der Waals surface area (Å²) in [6, 6.07) is 9.13. The van der Waals surface area contributed by atoms with Gasteiger partial charge in [0, 0.05) is 44.0 Å². The number of aliphatic hydroxyl groups excluding tert-OH is 1. The van der Waals surface area contributed by atoms with E-state index < -0.39 is 11.6 Å². The number of hydrogen-bond acceptors (Lipinski definition) is 7. The second-order valence-corrected chi connectivity index (χ2v) is 8.95. The third-order valence-corrected chi connectivity index (χ3v) is 6.39. The first-order chi connectivity index (χ1) is 15.8. The van der Waals surface area contributed by atoms with E-state index in [4.69, 9.17) is 14.6 Å². The summed E-state index contributed by atoms with van der Waals surface area (Å²) in [6.45, 7) is 6.38. The molecule has 0 aliphatic carbocycles. The van der Waals surface area contributed by atoms with Gasteiger partial charge >= 0.3 is 0 Å². The molecule has 0 bridgehead atoms. The average Bonchev–Trinajstić information content (AvgIpc) is 2.81. The molecule has 4 rings (SSSR count). The van der Waals surface area contributed by atoms with Gasteiger partial charge in [-0.1, -0.05) is 18.2 Å². The normalized spacial score (nSPS) is 24.4. The van der Waals surface area contributed by atoms with Crippen molar-refractivity contribution < 1.29 is 24.5 Å². The monoisotopic (exact) mass is 456 g/mol. The maximum Gasteiger partial charge on any atom is 0.290 e. The molecular weight excluding hydrogens is 424 g/mol. The predicted molar refractivity (Wildman–Crippen MR) is 122 cm³/mol. The zero-order valence-corrected chi connectivity index (χ0v) is 19.1. The van der Waals surface area contributed by atoms with Crippen LogP contribution in [0.2, 0.25) is 0 Å². The number of ether oxygens (including phenoxy) is 1. The summed E-state index contributed by atoms with van der Waals surface area (Å²) >= 11 is 0. The molecule has 9 heteroatoms. The molecule has 1 aromatic heterocycles. The van der Waals surface area contributed by atoms with Gasteiger partial charge in [-0.25, -0.2) is 0 Å². The van der Waals surface area contributed by atoms with Crippen molar-refractivity contribution in [1.82, 2.24) is 20.2 Å². The smallest absolute Gasteiger partial charge is 0.290 e. The van der Waals surface area contributed by atoms with Crippen molar-refractivity contribution in [1.29, 1.82) is 0 Å². The van der Waals surface area contributed by atoms with Gasteiger partial charge < -0.3 is 20.3 Å². The highest BCUT2D eigenvalue weighted by atomic mass is 16.5. The summed E-state index contributed by atoms with van der Waals surface area (Å²) in [6.07, 6.45) is 5.21. The van der Waals surface area contributed by atoms with E-state index in [1.807, 2.05) is 38.2 Å². The minimum atomic E-state index is -0.739. The molecular formula is C24H32N4O5. The highest BCUT2D eigenvalue weighted by molar-refractivity contribution is 5.94. The number of carbonyl (C=O) groups excluding carboxylic acids is 1. The molecule has 2 aliphatic rings. The van der Waals surface area contributed by atoms with Gasteiger partial charge in [-0.15, -0.1) is 0 Å². The van der Waals surface area contributed by atoms with Gasteiger partial charge in [-0.2, -0.15) is 0 Å². The van der Waals surface area contributed by atoms with Crippen LogP contribution in [-0.2, 0) is 16.1 Å².